The van der Waals surface area contributed by atoms with Gasteiger partial charge < -0.3 is 4.74 Å². The van der Waals surface area contributed by atoms with Crippen LogP contribution in [0.25, 0.3) is 0 Å². The predicted octanol–water partition coefficient (Wildman–Crippen LogP) is 2.08. The maximum absolute atomic E-state index is 11.5. The van der Waals surface area contributed by atoms with Gasteiger partial charge in [0.2, 0.25) is 0 Å². The highest BCUT2D eigenvalue weighted by Gasteiger charge is 2.30. The van der Waals surface area contributed by atoms with Gasteiger partial charge in [0.1, 0.15) is 5.75 Å². The molecule has 19 heavy (non-hydrogen) atoms. The average Bonchev–Trinajstić information content (AvgIpc) is 2.70. The van der Waals surface area contributed by atoms with E-state index in [9.17, 15) is 8.42 Å². The molecule has 106 valence electrons. The van der Waals surface area contributed by atoms with Gasteiger partial charge in [-0.25, -0.2) is 8.42 Å². The lowest BCUT2D eigenvalue weighted by molar-refractivity contribution is 0.250. The monoisotopic (exact) mass is 347 g/mol. The van der Waals surface area contributed by atoms with Crippen LogP contribution in [0.15, 0.2) is 22.7 Å². The largest absolute Gasteiger partial charge is 0.496 e. The second-order valence-corrected chi connectivity index (χ2v) is 8.07. The number of rotatable bonds is 4. The van der Waals surface area contributed by atoms with Crippen molar-refractivity contribution >= 4 is 25.8 Å². The number of sulfone groups is 1. The molecule has 1 heterocycles. The Morgan fingerprint density at radius 3 is 2.79 bits per heavy atom. The molecular formula is C13H18BrNO3S. The molecule has 1 aromatic rings. The van der Waals surface area contributed by atoms with Gasteiger partial charge in [-0.15, -0.1) is 0 Å². The van der Waals surface area contributed by atoms with Crippen LogP contribution in [-0.2, 0) is 16.4 Å². The summed E-state index contributed by atoms with van der Waals surface area (Å²) in [5, 5.41) is 0. The highest BCUT2D eigenvalue weighted by Crippen LogP contribution is 2.26. The van der Waals surface area contributed by atoms with Gasteiger partial charge in [-0.05, 0) is 31.7 Å². The van der Waals surface area contributed by atoms with Gasteiger partial charge in [-0.2, -0.15) is 0 Å². The first-order valence-electron chi connectivity index (χ1n) is 6.14. The first kappa shape index (κ1) is 14.8. The molecule has 1 aliphatic heterocycles. The molecule has 1 aliphatic rings. The molecule has 0 aliphatic carbocycles. The molecule has 0 aromatic heterocycles. The van der Waals surface area contributed by atoms with E-state index < -0.39 is 9.84 Å². The van der Waals surface area contributed by atoms with Crippen LogP contribution in [0.4, 0.5) is 0 Å². The SMILES string of the molecule is COc1ccc(Br)cc1CN(C)[C@@H]1CCS(=O)(=O)C1. The van der Waals surface area contributed by atoms with E-state index in [1.807, 2.05) is 25.2 Å². The normalized spacial score (nSPS) is 21.8. The minimum Gasteiger partial charge on any atom is -0.496 e. The highest BCUT2D eigenvalue weighted by molar-refractivity contribution is 9.10. The summed E-state index contributed by atoms with van der Waals surface area (Å²) < 4.78 is 29.4. The second kappa shape index (κ2) is 5.81. The van der Waals surface area contributed by atoms with Gasteiger partial charge in [0.05, 0.1) is 18.6 Å². The molecule has 4 nitrogen and oxygen atoms in total. The molecule has 0 radical (unpaired) electrons. The highest BCUT2D eigenvalue weighted by atomic mass is 79.9. The van der Waals surface area contributed by atoms with Gasteiger partial charge in [-0.3, -0.25) is 4.90 Å². The van der Waals surface area contributed by atoms with E-state index in [1.54, 1.807) is 7.11 Å². The third-order valence-electron chi connectivity index (χ3n) is 3.49. The summed E-state index contributed by atoms with van der Waals surface area (Å²) in [7, 11) is 0.771. The summed E-state index contributed by atoms with van der Waals surface area (Å²) >= 11 is 3.45. The van der Waals surface area contributed by atoms with Crippen molar-refractivity contribution in [2.45, 2.75) is 19.0 Å². The standard InChI is InChI=1S/C13H18BrNO3S/c1-15(12-5-6-19(16,17)9-12)8-10-7-11(14)3-4-13(10)18-2/h3-4,7,12H,5-6,8-9H2,1-2H3/t12-/m1/s1. The Bertz CT molecular complexity index is 559. The van der Waals surface area contributed by atoms with Crippen LogP contribution < -0.4 is 4.74 Å². The molecule has 1 saturated heterocycles. The minimum absolute atomic E-state index is 0.105. The fraction of sp³-hybridized carbons (Fsp3) is 0.538. The van der Waals surface area contributed by atoms with Gasteiger partial charge in [0, 0.05) is 22.6 Å². The van der Waals surface area contributed by atoms with Gasteiger partial charge in [-0.1, -0.05) is 15.9 Å². The number of halogens is 1. The summed E-state index contributed by atoms with van der Waals surface area (Å²) in [5.74, 6) is 1.40. The van der Waals surface area contributed by atoms with E-state index in [2.05, 4.69) is 20.8 Å². The summed E-state index contributed by atoms with van der Waals surface area (Å²) in [6.45, 7) is 0.683. The fourth-order valence-electron chi connectivity index (χ4n) is 2.39. The average molecular weight is 348 g/mol. The number of nitrogens with zero attached hydrogens (tertiary/aromatic N) is 1. The Morgan fingerprint density at radius 1 is 1.47 bits per heavy atom. The van der Waals surface area contributed by atoms with Gasteiger partial charge in [0.15, 0.2) is 9.84 Å². The van der Waals surface area contributed by atoms with Crippen molar-refractivity contribution in [1.29, 1.82) is 0 Å². The van der Waals surface area contributed by atoms with E-state index >= 15 is 0 Å². The van der Waals surface area contributed by atoms with Crippen LogP contribution in [0.2, 0.25) is 0 Å². The molecule has 6 heteroatoms. The number of hydrogen-bond donors (Lipinski definition) is 0. The van der Waals surface area contributed by atoms with E-state index in [0.29, 0.717) is 12.3 Å². The van der Waals surface area contributed by atoms with Crippen molar-refractivity contribution in [2.24, 2.45) is 0 Å². The van der Waals surface area contributed by atoms with Crippen molar-refractivity contribution in [3.05, 3.63) is 28.2 Å². The molecule has 1 fully saturated rings. The maximum Gasteiger partial charge on any atom is 0.151 e. The van der Waals surface area contributed by atoms with Crippen LogP contribution in [0.3, 0.4) is 0 Å². The third-order valence-corrected chi connectivity index (χ3v) is 5.74. The van der Waals surface area contributed by atoms with Crippen molar-refractivity contribution in [1.82, 2.24) is 4.90 Å². The second-order valence-electron chi connectivity index (χ2n) is 4.93. The minimum atomic E-state index is -2.84. The molecular weight excluding hydrogens is 330 g/mol. The van der Waals surface area contributed by atoms with Crippen molar-refractivity contribution in [3.8, 4) is 5.75 Å². The Labute approximate surface area is 122 Å². The lowest BCUT2D eigenvalue weighted by Gasteiger charge is -2.24. The zero-order valence-corrected chi connectivity index (χ0v) is 13.5. The quantitative estimate of drug-likeness (QED) is 0.836. The molecule has 0 saturated carbocycles. The van der Waals surface area contributed by atoms with Crippen molar-refractivity contribution in [2.75, 3.05) is 25.7 Å². The topological polar surface area (TPSA) is 46.6 Å². The Balaban J connectivity index is 2.11. The predicted molar refractivity (Wildman–Crippen MR) is 79.2 cm³/mol. The molecule has 0 amide bonds. The molecule has 1 aromatic carbocycles. The van der Waals surface area contributed by atoms with Crippen LogP contribution in [0.1, 0.15) is 12.0 Å². The lowest BCUT2D eigenvalue weighted by atomic mass is 10.1. The Morgan fingerprint density at radius 2 is 2.21 bits per heavy atom. The van der Waals surface area contributed by atoms with Gasteiger partial charge in [0.25, 0.3) is 0 Å². The first-order valence-corrected chi connectivity index (χ1v) is 8.76. The molecule has 0 spiro atoms. The van der Waals surface area contributed by atoms with Crippen LogP contribution in [0, 0.1) is 0 Å². The summed E-state index contributed by atoms with van der Waals surface area (Å²) in [6, 6.07) is 5.97. The van der Waals surface area contributed by atoms with Crippen LogP contribution in [-0.4, -0.2) is 45.0 Å². The summed E-state index contributed by atoms with van der Waals surface area (Å²) in [5.41, 5.74) is 1.06. The van der Waals surface area contributed by atoms with Crippen LogP contribution in [0.5, 0.6) is 5.75 Å². The molecule has 0 unspecified atom stereocenters. The number of benzene rings is 1. The lowest BCUT2D eigenvalue weighted by Crippen LogP contribution is -2.32. The van der Waals surface area contributed by atoms with E-state index in [-0.39, 0.29) is 11.8 Å². The Hall–Kier alpha value is -0.590. The fourth-order valence-corrected chi connectivity index (χ4v) is 4.61. The molecule has 2 rings (SSSR count). The third kappa shape index (κ3) is 3.70. The van der Waals surface area contributed by atoms with Crippen LogP contribution >= 0.6 is 15.9 Å². The molecule has 1 atom stereocenters. The van der Waals surface area contributed by atoms with Gasteiger partial charge >= 0.3 is 0 Å². The van der Waals surface area contributed by atoms with E-state index in [4.69, 9.17) is 4.74 Å². The maximum atomic E-state index is 11.5. The summed E-state index contributed by atoms with van der Waals surface area (Å²) in [4.78, 5) is 2.09. The van der Waals surface area contributed by atoms with E-state index in [0.717, 1.165) is 22.2 Å². The molecule has 0 N–H and O–H groups in total. The zero-order valence-electron chi connectivity index (χ0n) is 11.1. The van der Waals surface area contributed by atoms with Crippen molar-refractivity contribution in [3.63, 3.8) is 0 Å². The zero-order chi connectivity index (χ0) is 14.0. The van der Waals surface area contributed by atoms with Crippen molar-refractivity contribution < 1.29 is 13.2 Å². The summed E-state index contributed by atoms with van der Waals surface area (Å²) in [6.07, 6.45) is 0.717. The number of hydrogen-bond acceptors (Lipinski definition) is 4. The number of methoxy groups -OCH3 is 1. The molecule has 0 bridgehead atoms. The van der Waals surface area contributed by atoms with E-state index in [1.165, 1.54) is 0 Å². The first-order chi connectivity index (χ1) is 8.91. The Kier molecular flexibility index (Phi) is 4.53. The number of ether oxygens (including phenoxy) is 1. The smallest absolute Gasteiger partial charge is 0.151 e.